The number of benzene rings is 1. The summed E-state index contributed by atoms with van der Waals surface area (Å²) in [7, 11) is 0. The van der Waals surface area contributed by atoms with Crippen LogP contribution >= 0.6 is 27.3 Å². The van der Waals surface area contributed by atoms with E-state index in [2.05, 4.69) is 50.5 Å². The smallest absolute Gasteiger partial charge is 0.223 e. The quantitative estimate of drug-likeness (QED) is 0.763. The highest BCUT2D eigenvalue weighted by atomic mass is 79.9. The van der Waals surface area contributed by atoms with E-state index < -0.39 is 0 Å². The lowest BCUT2D eigenvalue weighted by atomic mass is 10.1. The first-order chi connectivity index (χ1) is 10.2. The molecule has 1 unspecified atom stereocenters. The molecule has 1 aromatic carbocycles. The second kappa shape index (κ2) is 6.75. The van der Waals surface area contributed by atoms with E-state index in [0.29, 0.717) is 12.5 Å². The van der Waals surface area contributed by atoms with Gasteiger partial charge in [-0.25, -0.2) is 0 Å². The van der Waals surface area contributed by atoms with E-state index in [1.165, 1.54) is 10.4 Å². The van der Waals surface area contributed by atoms with Crippen LogP contribution in [0.2, 0.25) is 0 Å². The highest BCUT2D eigenvalue weighted by Crippen LogP contribution is 2.34. The molecule has 1 saturated heterocycles. The fourth-order valence-electron chi connectivity index (χ4n) is 2.93. The number of thiophene rings is 1. The second-order valence-corrected chi connectivity index (χ2v) is 7.29. The van der Waals surface area contributed by atoms with E-state index in [-0.39, 0.29) is 5.91 Å². The Balaban J connectivity index is 1.62. The topological polar surface area (TPSA) is 20.3 Å². The predicted octanol–water partition coefficient (Wildman–Crippen LogP) is 4.81. The number of hydrogen-bond donors (Lipinski definition) is 0. The van der Waals surface area contributed by atoms with Crippen molar-refractivity contribution in [1.82, 2.24) is 4.90 Å². The molecule has 0 bridgehead atoms. The molecule has 21 heavy (non-hydrogen) atoms. The fraction of sp³-hybridized carbons (Fsp3) is 0.353. The monoisotopic (exact) mass is 363 g/mol. The zero-order valence-electron chi connectivity index (χ0n) is 11.8. The number of rotatable bonds is 4. The van der Waals surface area contributed by atoms with Crippen LogP contribution in [0.25, 0.3) is 0 Å². The number of amides is 1. The fourth-order valence-corrected chi connectivity index (χ4v) is 4.25. The highest BCUT2D eigenvalue weighted by Gasteiger charge is 2.29. The molecule has 110 valence electrons. The maximum Gasteiger partial charge on any atom is 0.223 e. The summed E-state index contributed by atoms with van der Waals surface area (Å²) in [5, 5.41) is 2.10. The lowest BCUT2D eigenvalue weighted by molar-refractivity contribution is -0.132. The van der Waals surface area contributed by atoms with Gasteiger partial charge in [0.2, 0.25) is 5.91 Å². The Morgan fingerprint density at radius 2 is 2.24 bits per heavy atom. The lowest BCUT2D eigenvalue weighted by Crippen LogP contribution is -2.30. The van der Waals surface area contributed by atoms with Gasteiger partial charge in [0.05, 0.1) is 6.04 Å². The first-order valence-electron chi connectivity index (χ1n) is 7.31. The molecular weight excluding hydrogens is 346 g/mol. The zero-order valence-corrected chi connectivity index (χ0v) is 14.2. The van der Waals surface area contributed by atoms with Crippen LogP contribution < -0.4 is 0 Å². The number of nitrogens with zero attached hydrogens (tertiary/aromatic N) is 1. The van der Waals surface area contributed by atoms with Gasteiger partial charge in [-0.2, -0.15) is 0 Å². The number of aryl methyl sites for hydroxylation is 1. The van der Waals surface area contributed by atoms with Crippen LogP contribution in [-0.2, 0) is 11.2 Å². The average molecular weight is 364 g/mol. The van der Waals surface area contributed by atoms with Crippen molar-refractivity contribution in [2.75, 3.05) is 6.54 Å². The zero-order chi connectivity index (χ0) is 14.7. The number of halogens is 1. The summed E-state index contributed by atoms with van der Waals surface area (Å²) in [6.45, 7) is 0.903. The first-order valence-corrected chi connectivity index (χ1v) is 8.98. The van der Waals surface area contributed by atoms with Crippen molar-refractivity contribution >= 4 is 33.2 Å². The third kappa shape index (κ3) is 3.55. The molecular formula is C17H18BrNOS. The molecule has 3 rings (SSSR count). The molecule has 1 fully saturated rings. The van der Waals surface area contributed by atoms with Gasteiger partial charge in [-0.15, -0.1) is 11.3 Å². The van der Waals surface area contributed by atoms with Gasteiger partial charge in [-0.3, -0.25) is 4.79 Å². The van der Waals surface area contributed by atoms with Crippen LogP contribution in [0.3, 0.4) is 0 Å². The Morgan fingerprint density at radius 3 is 3.00 bits per heavy atom. The number of carbonyl (C=O) groups excluding carboxylic acids is 1. The van der Waals surface area contributed by atoms with Gasteiger partial charge in [0.15, 0.2) is 0 Å². The predicted molar refractivity (Wildman–Crippen MR) is 90.5 cm³/mol. The molecule has 1 aliphatic heterocycles. The Kier molecular flexibility index (Phi) is 4.76. The Hall–Kier alpha value is -1.13. The van der Waals surface area contributed by atoms with Crippen LogP contribution in [0.1, 0.15) is 35.7 Å². The third-order valence-corrected chi connectivity index (χ3v) is 5.43. The minimum absolute atomic E-state index is 0.283. The number of likely N-dealkylation sites (tertiary alicyclic amines) is 1. The maximum absolute atomic E-state index is 12.5. The first kappa shape index (κ1) is 14.8. The van der Waals surface area contributed by atoms with Crippen LogP contribution in [0.15, 0.2) is 46.3 Å². The average Bonchev–Trinajstić information content (AvgIpc) is 3.14. The normalized spacial score (nSPS) is 18.1. The van der Waals surface area contributed by atoms with Crippen molar-refractivity contribution in [3.63, 3.8) is 0 Å². The summed E-state index contributed by atoms with van der Waals surface area (Å²) in [5.74, 6) is 0.283. The summed E-state index contributed by atoms with van der Waals surface area (Å²) < 4.78 is 1.07. The van der Waals surface area contributed by atoms with E-state index in [0.717, 1.165) is 30.3 Å². The molecule has 0 N–H and O–H groups in total. The van der Waals surface area contributed by atoms with E-state index in [1.807, 2.05) is 12.1 Å². The summed E-state index contributed by atoms with van der Waals surface area (Å²) in [4.78, 5) is 15.9. The van der Waals surface area contributed by atoms with Gasteiger partial charge in [0, 0.05) is 22.3 Å². The van der Waals surface area contributed by atoms with Crippen molar-refractivity contribution in [2.45, 2.75) is 31.7 Å². The largest absolute Gasteiger partial charge is 0.335 e. The van der Waals surface area contributed by atoms with E-state index in [9.17, 15) is 4.79 Å². The van der Waals surface area contributed by atoms with Crippen LogP contribution in [0.4, 0.5) is 0 Å². The molecule has 0 radical (unpaired) electrons. The Labute approximate surface area is 137 Å². The molecule has 1 aromatic heterocycles. The van der Waals surface area contributed by atoms with Gasteiger partial charge in [-0.05, 0) is 48.4 Å². The highest BCUT2D eigenvalue weighted by molar-refractivity contribution is 9.10. The summed E-state index contributed by atoms with van der Waals surface area (Å²) >= 11 is 5.23. The molecule has 2 heterocycles. The van der Waals surface area contributed by atoms with E-state index in [4.69, 9.17) is 0 Å². The van der Waals surface area contributed by atoms with Crippen LogP contribution in [-0.4, -0.2) is 17.4 Å². The number of carbonyl (C=O) groups is 1. The van der Waals surface area contributed by atoms with E-state index in [1.54, 1.807) is 11.3 Å². The summed E-state index contributed by atoms with van der Waals surface area (Å²) in [6.07, 6.45) is 3.62. The molecule has 2 nitrogen and oxygen atoms in total. The van der Waals surface area contributed by atoms with Crippen LogP contribution in [0.5, 0.6) is 0 Å². The standard InChI is InChI=1S/C17H18BrNOS/c18-14-5-1-4-13(12-14)8-9-17(20)19-10-2-6-15(19)16-7-3-11-21-16/h1,3-5,7,11-12,15H,2,6,8-10H2. The van der Waals surface area contributed by atoms with Gasteiger partial charge in [0.25, 0.3) is 0 Å². The molecule has 2 aromatic rings. The number of hydrogen-bond acceptors (Lipinski definition) is 2. The van der Waals surface area contributed by atoms with E-state index >= 15 is 0 Å². The second-order valence-electron chi connectivity index (χ2n) is 5.39. The van der Waals surface area contributed by atoms with Crippen molar-refractivity contribution in [1.29, 1.82) is 0 Å². The molecule has 1 atom stereocenters. The Morgan fingerprint density at radius 1 is 1.33 bits per heavy atom. The molecule has 0 spiro atoms. The summed E-state index contributed by atoms with van der Waals surface area (Å²) in [6, 6.07) is 12.7. The molecule has 0 aliphatic carbocycles. The minimum Gasteiger partial charge on any atom is -0.335 e. The lowest BCUT2D eigenvalue weighted by Gasteiger charge is -2.24. The van der Waals surface area contributed by atoms with Crippen molar-refractivity contribution in [3.05, 3.63) is 56.7 Å². The summed E-state index contributed by atoms with van der Waals surface area (Å²) in [5.41, 5.74) is 1.21. The molecule has 1 aliphatic rings. The van der Waals surface area contributed by atoms with Gasteiger partial charge in [-0.1, -0.05) is 34.1 Å². The molecule has 1 amide bonds. The van der Waals surface area contributed by atoms with Crippen LogP contribution in [0, 0.1) is 0 Å². The van der Waals surface area contributed by atoms with Crippen molar-refractivity contribution < 1.29 is 4.79 Å². The maximum atomic E-state index is 12.5. The van der Waals surface area contributed by atoms with Gasteiger partial charge < -0.3 is 4.90 Å². The SMILES string of the molecule is O=C(CCc1cccc(Br)c1)N1CCCC1c1cccs1. The van der Waals surface area contributed by atoms with Gasteiger partial charge in [0.1, 0.15) is 0 Å². The van der Waals surface area contributed by atoms with Gasteiger partial charge >= 0.3 is 0 Å². The minimum atomic E-state index is 0.283. The van der Waals surface area contributed by atoms with Crippen molar-refractivity contribution in [2.24, 2.45) is 0 Å². The third-order valence-electron chi connectivity index (χ3n) is 3.96. The van der Waals surface area contributed by atoms with Crippen molar-refractivity contribution in [3.8, 4) is 0 Å². The Bertz CT molecular complexity index is 611. The molecule has 0 saturated carbocycles. The molecule has 4 heteroatoms.